The summed E-state index contributed by atoms with van der Waals surface area (Å²) in [6, 6.07) is 3.77. The lowest BCUT2D eigenvalue weighted by atomic mass is 9.85. The Bertz CT molecular complexity index is 316. The molecule has 0 aliphatic heterocycles. The van der Waals surface area contributed by atoms with Gasteiger partial charge in [0.15, 0.2) is 0 Å². The maximum Gasteiger partial charge on any atom is 0.124 e. The first-order chi connectivity index (χ1) is 8.32. The van der Waals surface area contributed by atoms with Crippen molar-refractivity contribution in [1.29, 1.82) is 0 Å². The molecule has 0 radical (unpaired) electrons. The fourth-order valence-corrected chi connectivity index (χ4v) is 2.89. The molecule has 0 bridgehead atoms. The molecule has 0 spiro atoms. The Kier molecular flexibility index (Phi) is 4.20. The van der Waals surface area contributed by atoms with Gasteiger partial charge in [-0.15, -0.1) is 0 Å². The molecule has 1 saturated carbocycles. The number of hydrogen-bond donors (Lipinski definition) is 2. The van der Waals surface area contributed by atoms with E-state index in [-0.39, 0.29) is 11.6 Å². The van der Waals surface area contributed by atoms with Gasteiger partial charge in [0.05, 0.1) is 11.9 Å². The largest absolute Gasteiger partial charge is 0.468 e. The predicted octanol–water partition coefficient (Wildman–Crippen LogP) is 2.52. The average molecular weight is 238 g/mol. The number of ether oxygens (including phenoxy) is 1. The Morgan fingerprint density at radius 3 is 2.53 bits per heavy atom. The monoisotopic (exact) mass is 238 g/mol. The summed E-state index contributed by atoms with van der Waals surface area (Å²) in [5.41, 5.74) is 2.64. The minimum atomic E-state index is -0.233. The third-order valence-corrected chi connectivity index (χ3v) is 3.88. The van der Waals surface area contributed by atoms with Crippen LogP contribution in [0.1, 0.15) is 50.3 Å². The molecule has 4 nitrogen and oxygen atoms in total. The molecule has 17 heavy (non-hydrogen) atoms. The third-order valence-electron chi connectivity index (χ3n) is 3.88. The van der Waals surface area contributed by atoms with Gasteiger partial charge in [-0.25, -0.2) is 5.43 Å². The Morgan fingerprint density at radius 1 is 1.35 bits per heavy atom. The van der Waals surface area contributed by atoms with E-state index in [1.807, 2.05) is 12.1 Å². The van der Waals surface area contributed by atoms with Crippen molar-refractivity contribution >= 4 is 0 Å². The first-order valence-corrected chi connectivity index (χ1v) is 6.37. The van der Waals surface area contributed by atoms with E-state index in [0.717, 1.165) is 18.6 Å². The van der Waals surface area contributed by atoms with Crippen LogP contribution in [-0.4, -0.2) is 12.7 Å². The van der Waals surface area contributed by atoms with Crippen LogP contribution in [0.15, 0.2) is 22.8 Å². The third kappa shape index (κ3) is 2.54. The van der Waals surface area contributed by atoms with E-state index in [1.54, 1.807) is 13.4 Å². The minimum Gasteiger partial charge on any atom is -0.468 e. The van der Waals surface area contributed by atoms with Crippen LogP contribution in [0.25, 0.3) is 0 Å². The molecule has 1 aromatic rings. The number of rotatable bonds is 4. The van der Waals surface area contributed by atoms with E-state index < -0.39 is 0 Å². The van der Waals surface area contributed by atoms with Crippen molar-refractivity contribution in [2.45, 2.75) is 50.2 Å². The number of hydrazine groups is 1. The van der Waals surface area contributed by atoms with Crippen molar-refractivity contribution in [3.63, 3.8) is 0 Å². The van der Waals surface area contributed by atoms with Gasteiger partial charge in [-0.3, -0.25) is 5.84 Å². The molecule has 4 heteroatoms. The zero-order valence-corrected chi connectivity index (χ0v) is 10.4. The van der Waals surface area contributed by atoms with Crippen molar-refractivity contribution in [2.24, 2.45) is 5.84 Å². The molecule has 0 amide bonds. The molecule has 0 saturated heterocycles. The van der Waals surface area contributed by atoms with Gasteiger partial charge in [0.1, 0.15) is 11.8 Å². The van der Waals surface area contributed by atoms with Crippen LogP contribution in [0.2, 0.25) is 0 Å². The molecule has 1 atom stereocenters. The maximum atomic E-state index is 5.83. The fraction of sp³-hybridized carbons (Fsp3) is 0.692. The molecule has 1 aliphatic carbocycles. The number of furan rings is 1. The fourth-order valence-electron chi connectivity index (χ4n) is 2.89. The molecule has 1 heterocycles. The average Bonchev–Trinajstić information content (AvgIpc) is 2.76. The quantitative estimate of drug-likeness (QED) is 0.481. The molecule has 96 valence electrons. The Balaban J connectivity index is 2.24. The summed E-state index contributed by atoms with van der Waals surface area (Å²) >= 11 is 0. The van der Waals surface area contributed by atoms with Gasteiger partial charge in [0, 0.05) is 7.11 Å². The molecule has 2 rings (SSSR count). The standard InChI is InChI=1S/C13H22N2O2/c1-16-13(8-4-2-3-5-9-13)12(15-14)11-7-6-10-17-11/h6-7,10,12,15H,2-5,8-9,14H2,1H3. The lowest BCUT2D eigenvalue weighted by Crippen LogP contribution is -2.47. The second kappa shape index (κ2) is 5.67. The smallest absolute Gasteiger partial charge is 0.124 e. The molecule has 0 aromatic carbocycles. The highest BCUT2D eigenvalue weighted by Crippen LogP contribution is 2.39. The second-order valence-electron chi connectivity index (χ2n) is 4.80. The Labute approximate surface area is 102 Å². The summed E-state index contributed by atoms with van der Waals surface area (Å²) in [6.45, 7) is 0. The maximum absolute atomic E-state index is 5.83. The number of methoxy groups -OCH3 is 1. The lowest BCUT2D eigenvalue weighted by Gasteiger charge is -2.37. The topological polar surface area (TPSA) is 60.4 Å². The Morgan fingerprint density at radius 2 is 2.06 bits per heavy atom. The summed E-state index contributed by atoms with van der Waals surface area (Å²) in [6.07, 6.45) is 8.67. The van der Waals surface area contributed by atoms with Crippen molar-refractivity contribution in [1.82, 2.24) is 5.43 Å². The van der Waals surface area contributed by atoms with E-state index in [9.17, 15) is 0 Å². The van der Waals surface area contributed by atoms with Gasteiger partial charge in [0.25, 0.3) is 0 Å². The Hall–Kier alpha value is -0.840. The predicted molar refractivity (Wildman–Crippen MR) is 66.2 cm³/mol. The van der Waals surface area contributed by atoms with Crippen LogP contribution in [0, 0.1) is 0 Å². The van der Waals surface area contributed by atoms with Crippen molar-refractivity contribution in [2.75, 3.05) is 7.11 Å². The van der Waals surface area contributed by atoms with Crippen molar-refractivity contribution < 1.29 is 9.15 Å². The normalized spacial score (nSPS) is 22.0. The molecular weight excluding hydrogens is 216 g/mol. The summed E-state index contributed by atoms with van der Waals surface area (Å²) in [5.74, 6) is 6.57. The molecule has 3 N–H and O–H groups in total. The summed E-state index contributed by atoms with van der Waals surface area (Å²) in [4.78, 5) is 0. The molecule has 1 unspecified atom stereocenters. The highest BCUT2D eigenvalue weighted by atomic mass is 16.5. The SMILES string of the molecule is COC1(C(NN)c2ccco2)CCCCCC1. The van der Waals surface area contributed by atoms with Crippen LogP contribution < -0.4 is 11.3 Å². The minimum absolute atomic E-state index is 0.0689. The van der Waals surface area contributed by atoms with Crippen LogP contribution in [0.5, 0.6) is 0 Å². The van der Waals surface area contributed by atoms with Gasteiger partial charge in [-0.2, -0.15) is 0 Å². The zero-order valence-electron chi connectivity index (χ0n) is 10.4. The molecule has 1 fully saturated rings. The van der Waals surface area contributed by atoms with Crippen LogP contribution in [0.4, 0.5) is 0 Å². The summed E-state index contributed by atoms with van der Waals surface area (Å²) < 4.78 is 11.3. The van der Waals surface area contributed by atoms with Crippen LogP contribution >= 0.6 is 0 Å². The lowest BCUT2D eigenvalue weighted by molar-refractivity contribution is -0.0590. The van der Waals surface area contributed by atoms with Crippen LogP contribution in [0.3, 0.4) is 0 Å². The van der Waals surface area contributed by atoms with E-state index in [0.29, 0.717) is 0 Å². The van der Waals surface area contributed by atoms with Gasteiger partial charge >= 0.3 is 0 Å². The van der Waals surface area contributed by atoms with E-state index in [2.05, 4.69) is 5.43 Å². The van der Waals surface area contributed by atoms with Gasteiger partial charge in [-0.1, -0.05) is 25.7 Å². The number of hydrogen-bond acceptors (Lipinski definition) is 4. The van der Waals surface area contributed by atoms with Crippen molar-refractivity contribution in [3.05, 3.63) is 24.2 Å². The molecule has 1 aliphatic rings. The zero-order chi connectivity index (χ0) is 12.1. The van der Waals surface area contributed by atoms with Gasteiger partial charge < -0.3 is 9.15 Å². The second-order valence-corrected chi connectivity index (χ2v) is 4.80. The summed E-state index contributed by atoms with van der Waals surface area (Å²) in [7, 11) is 1.78. The van der Waals surface area contributed by atoms with Crippen LogP contribution in [-0.2, 0) is 4.74 Å². The highest BCUT2D eigenvalue weighted by molar-refractivity contribution is 5.11. The number of nitrogens with one attached hydrogen (secondary N) is 1. The summed E-state index contributed by atoms with van der Waals surface area (Å²) in [5, 5.41) is 0. The van der Waals surface area contributed by atoms with E-state index in [4.69, 9.17) is 15.0 Å². The van der Waals surface area contributed by atoms with Gasteiger partial charge in [-0.05, 0) is 25.0 Å². The van der Waals surface area contributed by atoms with Crippen molar-refractivity contribution in [3.8, 4) is 0 Å². The van der Waals surface area contributed by atoms with E-state index >= 15 is 0 Å². The molecule has 1 aromatic heterocycles. The molecular formula is C13H22N2O2. The number of nitrogens with two attached hydrogens (primary N) is 1. The first-order valence-electron chi connectivity index (χ1n) is 6.37. The first kappa shape index (κ1) is 12.6. The van der Waals surface area contributed by atoms with Gasteiger partial charge in [0.2, 0.25) is 0 Å². The van der Waals surface area contributed by atoms with E-state index in [1.165, 1.54) is 25.7 Å². The highest BCUT2D eigenvalue weighted by Gasteiger charge is 2.41.